The van der Waals surface area contributed by atoms with Crippen LogP contribution in [-0.4, -0.2) is 33.2 Å². The molecule has 0 bridgehead atoms. The number of halogens is 1. The Bertz CT molecular complexity index is 585. The molecule has 1 unspecified atom stereocenters. The van der Waals surface area contributed by atoms with Gasteiger partial charge in [-0.1, -0.05) is 29.8 Å². The molecule has 0 saturated carbocycles. The van der Waals surface area contributed by atoms with Crippen molar-refractivity contribution in [1.29, 1.82) is 0 Å². The van der Waals surface area contributed by atoms with Crippen LogP contribution in [0.2, 0.25) is 0 Å². The largest absolute Gasteiger partial charge is 0.352 e. The highest BCUT2D eigenvalue weighted by atomic mass is 79.9. The standard InChI is InChI=1S/C14H21BrN2O3S/c1-10(2)11(3)16-14(18)9-17(21(4,19)20)13-7-5-12(15)6-8-13/h5-8,10-11H,9H2,1-4H3,(H,16,18). The lowest BCUT2D eigenvalue weighted by Crippen LogP contribution is -2.44. The van der Waals surface area contributed by atoms with E-state index < -0.39 is 10.0 Å². The Morgan fingerprint density at radius 3 is 2.19 bits per heavy atom. The topological polar surface area (TPSA) is 66.5 Å². The predicted octanol–water partition coefficient (Wildman–Crippen LogP) is 2.38. The summed E-state index contributed by atoms with van der Waals surface area (Å²) in [6, 6.07) is 6.78. The maximum atomic E-state index is 12.0. The van der Waals surface area contributed by atoms with Crippen molar-refractivity contribution in [2.45, 2.75) is 26.8 Å². The van der Waals surface area contributed by atoms with Gasteiger partial charge >= 0.3 is 0 Å². The maximum absolute atomic E-state index is 12.0. The van der Waals surface area contributed by atoms with Gasteiger partial charge in [0.15, 0.2) is 0 Å². The van der Waals surface area contributed by atoms with Crippen LogP contribution in [0.25, 0.3) is 0 Å². The van der Waals surface area contributed by atoms with Gasteiger partial charge in [0.25, 0.3) is 0 Å². The number of carbonyl (C=O) groups is 1. The lowest BCUT2D eigenvalue weighted by molar-refractivity contribution is -0.120. The first kappa shape index (κ1) is 18.0. The molecule has 1 rings (SSSR count). The molecule has 0 aliphatic carbocycles. The molecule has 1 amide bonds. The SMILES string of the molecule is CC(C)C(C)NC(=O)CN(c1ccc(Br)cc1)S(C)(=O)=O. The molecule has 5 nitrogen and oxygen atoms in total. The fraction of sp³-hybridized carbons (Fsp3) is 0.500. The molecule has 0 spiro atoms. The average molecular weight is 377 g/mol. The number of sulfonamides is 1. The second-order valence-corrected chi connectivity index (χ2v) is 8.17. The molecule has 0 saturated heterocycles. The summed E-state index contributed by atoms with van der Waals surface area (Å²) in [4.78, 5) is 12.0. The van der Waals surface area contributed by atoms with Gasteiger partial charge in [-0.3, -0.25) is 9.10 Å². The van der Waals surface area contributed by atoms with Crippen LogP contribution >= 0.6 is 15.9 Å². The van der Waals surface area contributed by atoms with E-state index in [1.807, 2.05) is 20.8 Å². The number of rotatable bonds is 6. The molecule has 0 heterocycles. The molecular formula is C14H21BrN2O3S. The molecule has 0 aliphatic rings. The Hall–Kier alpha value is -1.08. The number of hydrogen-bond donors (Lipinski definition) is 1. The highest BCUT2D eigenvalue weighted by Gasteiger charge is 2.22. The zero-order valence-corrected chi connectivity index (χ0v) is 15.0. The molecule has 0 radical (unpaired) electrons. The third-order valence-corrected chi connectivity index (χ3v) is 4.86. The minimum atomic E-state index is -3.52. The van der Waals surface area contributed by atoms with Crippen LogP contribution in [0, 0.1) is 5.92 Å². The summed E-state index contributed by atoms with van der Waals surface area (Å²) in [5, 5.41) is 2.81. The van der Waals surface area contributed by atoms with E-state index in [0.717, 1.165) is 15.0 Å². The zero-order chi connectivity index (χ0) is 16.2. The molecule has 1 N–H and O–H groups in total. The van der Waals surface area contributed by atoms with Crippen LogP contribution in [-0.2, 0) is 14.8 Å². The van der Waals surface area contributed by atoms with Crippen molar-refractivity contribution in [1.82, 2.24) is 5.32 Å². The monoisotopic (exact) mass is 376 g/mol. The van der Waals surface area contributed by atoms with Crippen molar-refractivity contribution in [2.75, 3.05) is 17.1 Å². The van der Waals surface area contributed by atoms with Crippen LogP contribution < -0.4 is 9.62 Å². The van der Waals surface area contributed by atoms with Gasteiger partial charge in [-0.25, -0.2) is 8.42 Å². The predicted molar refractivity (Wildman–Crippen MR) is 88.8 cm³/mol. The Kier molecular flexibility index (Phi) is 6.22. The third kappa shape index (κ3) is 5.67. The molecule has 118 valence electrons. The minimum Gasteiger partial charge on any atom is -0.352 e. The second-order valence-electron chi connectivity index (χ2n) is 5.35. The van der Waals surface area contributed by atoms with Gasteiger partial charge < -0.3 is 5.32 Å². The Balaban J connectivity index is 2.91. The van der Waals surface area contributed by atoms with Crippen LogP contribution in [0.4, 0.5) is 5.69 Å². The van der Waals surface area contributed by atoms with Crippen LogP contribution in [0.15, 0.2) is 28.7 Å². The first-order chi connectivity index (χ1) is 9.61. The van der Waals surface area contributed by atoms with Crippen molar-refractivity contribution >= 4 is 37.5 Å². The van der Waals surface area contributed by atoms with Gasteiger partial charge in [-0.15, -0.1) is 0 Å². The molecule has 7 heteroatoms. The van der Waals surface area contributed by atoms with E-state index in [0.29, 0.717) is 5.69 Å². The van der Waals surface area contributed by atoms with Crippen molar-refractivity contribution in [3.8, 4) is 0 Å². The van der Waals surface area contributed by atoms with E-state index in [1.54, 1.807) is 24.3 Å². The number of carbonyl (C=O) groups excluding carboxylic acids is 1. The molecule has 0 aromatic heterocycles. The van der Waals surface area contributed by atoms with E-state index in [9.17, 15) is 13.2 Å². The molecule has 1 aromatic rings. The number of nitrogens with one attached hydrogen (secondary N) is 1. The summed E-state index contributed by atoms with van der Waals surface area (Å²) < 4.78 is 25.8. The highest BCUT2D eigenvalue weighted by Crippen LogP contribution is 2.20. The molecule has 21 heavy (non-hydrogen) atoms. The van der Waals surface area contributed by atoms with E-state index in [2.05, 4.69) is 21.2 Å². The fourth-order valence-electron chi connectivity index (χ4n) is 1.60. The van der Waals surface area contributed by atoms with Gasteiger partial charge in [0.2, 0.25) is 15.9 Å². The molecular weight excluding hydrogens is 356 g/mol. The average Bonchev–Trinajstić information content (AvgIpc) is 2.35. The summed E-state index contributed by atoms with van der Waals surface area (Å²) in [7, 11) is -3.52. The van der Waals surface area contributed by atoms with Crippen molar-refractivity contribution in [2.24, 2.45) is 5.92 Å². The van der Waals surface area contributed by atoms with Crippen molar-refractivity contribution < 1.29 is 13.2 Å². The summed E-state index contributed by atoms with van der Waals surface area (Å²) in [6.07, 6.45) is 1.09. The Morgan fingerprint density at radius 1 is 1.24 bits per heavy atom. The Morgan fingerprint density at radius 2 is 1.76 bits per heavy atom. The van der Waals surface area contributed by atoms with Crippen LogP contribution in [0.5, 0.6) is 0 Å². The molecule has 1 aromatic carbocycles. The van der Waals surface area contributed by atoms with Gasteiger partial charge in [0.1, 0.15) is 6.54 Å². The molecule has 1 atom stereocenters. The Labute approximate surface area is 134 Å². The quantitative estimate of drug-likeness (QED) is 0.828. The number of benzene rings is 1. The highest BCUT2D eigenvalue weighted by molar-refractivity contribution is 9.10. The summed E-state index contributed by atoms with van der Waals surface area (Å²) in [6.45, 7) is 5.66. The van der Waals surface area contributed by atoms with Gasteiger partial charge in [0, 0.05) is 10.5 Å². The van der Waals surface area contributed by atoms with Crippen LogP contribution in [0.3, 0.4) is 0 Å². The van der Waals surface area contributed by atoms with E-state index >= 15 is 0 Å². The summed E-state index contributed by atoms with van der Waals surface area (Å²) in [5.74, 6) is -0.0298. The number of anilines is 1. The van der Waals surface area contributed by atoms with Crippen molar-refractivity contribution in [3.63, 3.8) is 0 Å². The van der Waals surface area contributed by atoms with E-state index in [1.165, 1.54) is 0 Å². The maximum Gasteiger partial charge on any atom is 0.240 e. The summed E-state index contributed by atoms with van der Waals surface area (Å²) in [5.41, 5.74) is 0.466. The van der Waals surface area contributed by atoms with Gasteiger partial charge in [0.05, 0.1) is 11.9 Å². The third-order valence-electron chi connectivity index (χ3n) is 3.19. The lowest BCUT2D eigenvalue weighted by Gasteiger charge is -2.24. The first-order valence-electron chi connectivity index (χ1n) is 6.64. The molecule has 0 aliphatic heterocycles. The number of amides is 1. The first-order valence-corrected chi connectivity index (χ1v) is 9.28. The van der Waals surface area contributed by atoms with E-state index in [4.69, 9.17) is 0 Å². The zero-order valence-electron chi connectivity index (χ0n) is 12.6. The smallest absolute Gasteiger partial charge is 0.240 e. The summed E-state index contributed by atoms with van der Waals surface area (Å²) >= 11 is 3.30. The normalized spacial score (nSPS) is 13.0. The minimum absolute atomic E-state index is 0.0103. The fourth-order valence-corrected chi connectivity index (χ4v) is 2.72. The van der Waals surface area contributed by atoms with Crippen molar-refractivity contribution in [3.05, 3.63) is 28.7 Å². The van der Waals surface area contributed by atoms with Gasteiger partial charge in [-0.05, 0) is 37.1 Å². The molecule has 0 fully saturated rings. The second kappa shape index (κ2) is 7.26. The number of nitrogens with zero attached hydrogens (tertiary/aromatic N) is 1. The van der Waals surface area contributed by atoms with Gasteiger partial charge in [-0.2, -0.15) is 0 Å². The van der Waals surface area contributed by atoms with Crippen LogP contribution in [0.1, 0.15) is 20.8 Å². The van der Waals surface area contributed by atoms with E-state index in [-0.39, 0.29) is 24.4 Å². The lowest BCUT2D eigenvalue weighted by atomic mass is 10.1. The number of hydrogen-bond acceptors (Lipinski definition) is 3.